The van der Waals surface area contributed by atoms with E-state index in [9.17, 15) is 12.8 Å². The minimum Gasteiger partial charge on any atom is -0.489 e. The van der Waals surface area contributed by atoms with Crippen LogP contribution in [0.5, 0.6) is 11.5 Å². The molecule has 0 aromatic heterocycles. The number of ether oxygens (including phenoxy) is 3. The first-order valence-electron chi connectivity index (χ1n) is 6.88. The van der Waals surface area contributed by atoms with Crippen LogP contribution in [0.2, 0.25) is 0 Å². The summed E-state index contributed by atoms with van der Waals surface area (Å²) in [6.07, 6.45) is 1.14. The molecule has 0 saturated heterocycles. The molecule has 0 unspecified atom stereocenters. The van der Waals surface area contributed by atoms with Gasteiger partial charge in [0.25, 0.3) is 0 Å². The molecule has 2 aromatic rings. The zero-order valence-electron chi connectivity index (χ0n) is 12.4. The number of benzene rings is 2. The van der Waals surface area contributed by atoms with Crippen molar-refractivity contribution in [1.29, 1.82) is 0 Å². The number of hydrogen-bond acceptors (Lipinski definition) is 5. The van der Waals surface area contributed by atoms with Crippen molar-refractivity contribution in [2.75, 3.05) is 13.0 Å². The Morgan fingerprint density at radius 1 is 1.22 bits per heavy atom. The first-order valence-corrected chi connectivity index (χ1v) is 8.77. The molecule has 0 saturated carbocycles. The highest BCUT2D eigenvalue weighted by molar-refractivity contribution is 7.90. The Balaban J connectivity index is 1.77. The van der Waals surface area contributed by atoms with Gasteiger partial charge in [0.2, 0.25) is 0 Å². The molecule has 7 heteroatoms. The van der Waals surface area contributed by atoms with Gasteiger partial charge in [-0.25, -0.2) is 12.8 Å². The predicted molar refractivity (Wildman–Crippen MR) is 80.6 cm³/mol. The molecule has 0 radical (unpaired) electrons. The van der Waals surface area contributed by atoms with Crippen molar-refractivity contribution in [2.24, 2.45) is 0 Å². The molecule has 122 valence electrons. The van der Waals surface area contributed by atoms with Crippen LogP contribution in [0.3, 0.4) is 0 Å². The van der Waals surface area contributed by atoms with Crippen LogP contribution in [-0.2, 0) is 27.8 Å². The summed E-state index contributed by atoms with van der Waals surface area (Å²) in [4.78, 5) is 0.216. The minimum atomic E-state index is -3.24. The lowest BCUT2D eigenvalue weighted by molar-refractivity contribution is -0.0178. The second-order valence-corrected chi connectivity index (χ2v) is 7.21. The van der Waals surface area contributed by atoms with E-state index in [4.69, 9.17) is 14.2 Å². The first kappa shape index (κ1) is 15.8. The maximum Gasteiger partial charge on any atom is 0.189 e. The number of rotatable bonds is 4. The molecule has 1 heterocycles. The van der Waals surface area contributed by atoms with Gasteiger partial charge in [-0.1, -0.05) is 0 Å². The molecule has 0 spiro atoms. The first-order chi connectivity index (χ1) is 10.9. The molecule has 3 rings (SSSR count). The Kier molecular flexibility index (Phi) is 4.23. The van der Waals surface area contributed by atoms with Crippen LogP contribution in [0.1, 0.15) is 11.1 Å². The molecule has 0 atom stereocenters. The average molecular weight is 338 g/mol. The van der Waals surface area contributed by atoms with Crippen LogP contribution >= 0.6 is 0 Å². The van der Waals surface area contributed by atoms with Crippen molar-refractivity contribution in [3.63, 3.8) is 0 Å². The molecule has 5 nitrogen and oxygen atoms in total. The van der Waals surface area contributed by atoms with Crippen LogP contribution in [0, 0.1) is 5.82 Å². The van der Waals surface area contributed by atoms with Gasteiger partial charge in [-0.2, -0.15) is 0 Å². The zero-order valence-corrected chi connectivity index (χ0v) is 13.2. The van der Waals surface area contributed by atoms with Crippen LogP contribution in [0.15, 0.2) is 41.3 Å². The SMILES string of the molecule is CS(=O)(=O)c1ccc(OCc2cc(F)cc3c2OCOC3)cc1. The molecule has 0 aliphatic carbocycles. The zero-order chi connectivity index (χ0) is 16.4. The van der Waals surface area contributed by atoms with Gasteiger partial charge in [0.1, 0.15) is 23.9 Å². The molecule has 23 heavy (non-hydrogen) atoms. The van der Waals surface area contributed by atoms with Gasteiger partial charge in [0.15, 0.2) is 16.6 Å². The van der Waals surface area contributed by atoms with Crippen molar-refractivity contribution in [2.45, 2.75) is 18.1 Å². The lowest BCUT2D eigenvalue weighted by Crippen LogP contribution is -2.14. The van der Waals surface area contributed by atoms with Gasteiger partial charge >= 0.3 is 0 Å². The number of fused-ring (bicyclic) bond motifs is 1. The summed E-state index contributed by atoms with van der Waals surface area (Å²) in [5, 5.41) is 0. The van der Waals surface area contributed by atoms with E-state index in [0.717, 1.165) is 6.26 Å². The molecule has 0 amide bonds. The summed E-state index contributed by atoms with van der Waals surface area (Å²) >= 11 is 0. The largest absolute Gasteiger partial charge is 0.489 e. The monoisotopic (exact) mass is 338 g/mol. The van der Waals surface area contributed by atoms with Crippen LogP contribution < -0.4 is 9.47 Å². The van der Waals surface area contributed by atoms with Crippen molar-refractivity contribution in [1.82, 2.24) is 0 Å². The average Bonchev–Trinajstić information content (AvgIpc) is 2.52. The summed E-state index contributed by atoms with van der Waals surface area (Å²) in [6, 6.07) is 8.79. The fourth-order valence-corrected chi connectivity index (χ4v) is 2.94. The fraction of sp³-hybridized carbons (Fsp3) is 0.250. The third kappa shape index (κ3) is 3.62. The topological polar surface area (TPSA) is 61.8 Å². The second-order valence-electron chi connectivity index (χ2n) is 5.20. The molecule has 2 aromatic carbocycles. The van der Waals surface area contributed by atoms with Gasteiger partial charge in [0, 0.05) is 17.4 Å². The van der Waals surface area contributed by atoms with Gasteiger partial charge < -0.3 is 14.2 Å². The summed E-state index contributed by atoms with van der Waals surface area (Å²) in [6.45, 7) is 0.524. The van der Waals surface area contributed by atoms with E-state index < -0.39 is 9.84 Å². The van der Waals surface area contributed by atoms with E-state index in [1.807, 2.05) is 0 Å². The van der Waals surface area contributed by atoms with E-state index >= 15 is 0 Å². The number of hydrogen-bond donors (Lipinski definition) is 0. The summed E-state index contributed by atoms with van der Waals surface area (Å²) < 4.78 is 52.6. The normalized spacial score (nSPS) is 14.0. The Morgan fingerprint density at radius 2 is 1.96 bits per heavy atom. The molecule has 1 aliphatic heterocycles. The van der Waals surface area contributed by atoms with E-state index in [2.05, 4.69) is 0 Å². The van der Waals surface area contributed by atoms with E-state index in [1.165, 1.54) is 24.3 Å². The van der Waals surface area contributed by atoms with Crippen molar-refractivity contribution >= 4 is 9.84 Å². The Bertz CT molecular complexity index is 815. The number of halogens is 1. The maximum atomic E-state index is 13.6. The second kappa shape index (κ2) is 6.17. The Morgan fingerprint density at radius 3 is 2.65 bits per heavy atom. The predicted octanol–water partition coefficient (Wildman–Crippen LogP) is 2.67. The summed E-state index contributed by atoms with van der Waals surface area (Å²) in [5.41, 5.74) is 1.22. The molecule has 1 aliphatic rings. The Labute approximate surface area is 133 Å². The Hall–Kier alpha value is -2.12. The smallest absolute Gasteiger partial charge is 0.189 e. The van der Waals surface area contributed by atoms with Crippen molar-refractivity contribution in [3.8, 4) is 11.5 Å². The van der Waals surface area contributed by atoms with Gasteiger partial charge in [-0.15, -0.1) is 0 Å². The molecular formula is C16H15FO5S. The third-order valence-corrected chi connectivity index (χ3v) is 4.53. The quantitative estimate of drug-likeness (QED) is 0.858. The molecule has 0 fully saturated rings. The maximum absolute atomic E-state index is 13.6. The van der Waals surface area contributed by atoms with Crippen LogP contribution in [-0.4, -0.2) is 21.5 Å². The highest BCUT2D eigenvalue weighted by atomic mass is 32.2. The van der Waals surface area contributed by atoms with E-state index in [-0.39, 0.29) is 24.1 Å². The van der Waals surface area contributed by atoms with Crippen molar-refractivity contribution < 1.29 is 27.0 Å². The standard InChI is InChI=1S/C16H15FO5S/c1-23(18,19)15-4-2-14(3-5-15)21-9-12-7-13(17)6-11-8-20-10-22-16(11)12/h2-7H,8-10H2,1H3. The molecule has 0 N–H and O–H groups in total. The summed E-state index contributed by atoms with van der Waals surface area (Å²) in [5.74, 6) is 0.678. The highest BCUT2D eigenvalue weighted by Crippen LogP contribution is 2.30. The third-order valence-electron chi connectivity index (χ3n) is 3.40. The van der Waals surface area contributed by atoms with Crippen LogP contribution in [0.4, 0.5) is 4.39 Å². The lowest BCUT2D eigenvalue weighted by atomic mass is 10.1. The van der Waals surface area contributed by atoms with E-state index in [1.54, 1.807) is 12.1 Å². The lowest BCUT2D eigenvalue weighted by Gasteiger charge is -2.21. The number of sulfone groups is 1. The van der Waals surface area contributed by atoms with Gasteiger partial charge in [-0.05, 0) is 36.4 Å². The van der Waals surface area contributed by atoms with Crippen LogP contribution in [0.25, 0.3) is 0 Å². The molecule has 0 bridgehead atoms. The minimum absolute atomic E-state index is 0.109. The fourth-order valence-electron chi connectivity index (χ4n) is 2.31. The van der Waals surface area contributed by atoms with E-state index in [0.29, 0.717) is 29.2 Å². The van der Waals surface area contributed by atoms with Gasteiger partial charge in [-0.3, -0.25) is 0 Å². The highest BCUT2D eigenvalue weighted by Gasteiger charge is 2.17. The molecular weight excluding hydrogens is 323 g/mol. The summed E-state index contributed by atoms with van der Waals surface area (Å²) in [7, 11) is -3.24. The van der Waals surface area contributed by atoms with Crippen molar-refractivity contribution in [3.05, 3.63) is 53.3 Å². The van der Waals surface area contributed by atoms with Gasteiger partial charge in [0.05, 0.1) is 11.5 Å².